The monoisotopic (exact) mass is 539 g/mol. The lowest BCUT2D eigenvalue weighted by Gasteiger charge is -2.16. The summed E-state index contributed by atoms with van der Waals surface area (Å²) in [6.07, 6.45) is 2.59. The van der Waals surface area contributed by atoms with Crippen molar-refractivity contribution in [2.24, 2.45) is 11.0 Å². The molecule has 0 spiro atoms. The minimum Gasteiger partial charge on any atom is -0.493 e. The van der Waals surface area contributed by atoms with Gasteiger partial charge in [0.2, 0.25) is 11.8 Å². The summed E-state index contributed by atoms with van der Waals surface area (Å²) in [6.45, 7) is 2.69. The number of hydrazone groups is 1. The minimum absolute atomic E-state index is 0.0745. The van der Waals surface area contributed by atoms with Crippen LogP contribution in [0.1, 0.15) is 30.0 Å². The summed E-state index contributed by atoms with van der Waals surface area (Å²) in [6, 6.07) is 18.4. The van der Waals surface area contributed by atoms with Gasteiger partial charge < -0.3 is 14.4 Å². The molecule has 0 bridgehead atoms. The predicted octanol–water partition coefficient (Wildman–Crippen LogP) is 5.65. The van der Waals surface area contributed by atoms with Crippen molar-refractivity contribution < 1.29 is 19.1 Å². The molecule has 1 atom stereocenters. The van der Waals surface area contributed by atoms with E-state index >= 15 is 0 Å². The van der Waals surface area contributed by atoms with Crippen LogP contribution in [0, 0.1) is 5.92 Å². The van der Waals surface area contributed by atoms with Crippen molar-refractivity contribution in [2.75, 3.05) is 18.6 Å². The number of aryl methyl sites for hydroxylation is 1. The summed E-state index contributed by atoms with van der Waals surface area (Å²) in [5.41, 5.74) is 6.12. The number of anilines is 1. The number of hydrogen-bond acceptors (Lipinski definition) is 5. The SMILES string of the molecule is CCc1ccc(N2C[C@H](C(=O)N/N=C/c3ccc(OCc4ccc(Cl)c(Cl)c4)c(OC)c3)CC2=O)cc1. The summed E-state index contributed by atoms with van der Waals surface area (Å²) in [7, 11) is 1.54. The van der Waals surface area contributed by atoms with Crippen molar-refractivity contribution in [3.8, 4) is 11.5 Å². The summed E-state index contributed by atoms with van der Waals surface area (Å²) < 4.78 is 11.3. The van der Waals surface area contributed by atoms with Crippen molar-refractivity contribution in [3.05, 3.63) is 87.4 Å². The second kappa shape index (κ2) is 12.1. The molecule has 0 unspecified atom stereocenters. The van der Waals surface area contributed by atoms with Crippen LogP contribution in [0.25, 0.3) is 0 Å². The number of nitrogens with zero attached hydrogens (tertiary/aromatic N) is 2. The summed E-state index contributed by atoms with van der Waals surface area (Å²) >= 11 is 12.0. The van der Waals surface area contributed by atoms with Gasteiger partial charge in [0.1, 0.15) is 6.61 Å². The highest BCUT2D eigenvalue weighted by Crippen LogP contribution is 2.30. The Hall–Kier alpha value is -3.55. The lowest BCUT2D eigenvalue weighted by atomic mass is 10.1. The summed E-state index contributed by atoms with van der Waals surface area (Å²) in [5, 5.41) is 5.02. The lowest BCUT2D eigenvalue weighted by Crippen LogP contribution is -2.30. The zero-order valence-electron chi connectivity index (χ0n) is 20.5. The smallest absolute Gasteiger partial charge is 0.245 e. The Labute approximate surface area is 226 Å². The van der Waals surface area contributed by atoms with Gasteiger partial charge in [0.05, 0.1) is 29.3 Å². The van der Waals surface area contributed by atoms with E-state index in [0.717, 1.165) is 17.7 Å². The molecule has 0 aliphatic carbocycles. The highest BCUT2D eigenvalue weighted by Gasteiger charge is 2.35. The molecule has 9 heteroatoms. The van der Waals surface area contributed by atoms with Gasteiger partial charge in [-0.05, 0) is 65.6 Å². The number of ether oxygens (including phenoxy) is 2. The Morgan fingerprint density at radius 3 is 2.51 bits per heavy atom. The molecule has 3 aromatic carbocycles. The standard InChI is InChI=1S/C28H27Cl2N3O4/c1-3-18-4-8-22(9-5-18)33-16-21(14-27(33)34)28(35)32-31-15-19-7-11-25(26(13-19)36-2)37-17-20-6-10-23(29)24(30)12-20/h4-13,15,21H,3,14,16-17H2,1-2H3,(H,32,35)/b31-15+/t21-/m1/s1. The fraction of sp³-hybridized carbons (Fsp3) is 0.250. The van der Waals surface area contributed by atoms with Crippen LogP contribution >= 0.6 is 23.2 Å². The van der Waals surface area contributed by atoms with Gasteiger partial charge in [-0.1, -0.05) is 48.3 Å². The van der Waals surface area contributed by atoms with Crippen LogP contribution in [0.2, 0.25) is 10.0 Å². The first kappa shape index (κ1) is 26.5. The first-order valence-corrected chi connectivity index (χ1v) is 12.6. The molecule has 2 amide bonds. The summed E-state index contributed by atoms with van der Waals surface area (Å²) in [4.78, 5) is 26.8. The number of rotatable bonds is 9. The molecule has 37 heavy (non-hydrogen) atoms. The largest absolute Gasteiger partial charge is 0.493 e. The highest BCUT2D eigenvalue weighted by molar-refractivity contribution is 6.42. The molecule has 1 aliphatic rings. The molecule has 1 fully saturated rings. The first-order chi connectivity index (χ1) is 17.9. The van der Waals surface area contributed by atoms with E-state index in [2.05, 4.69) is 17.5 Å². The van der Waals surface area contributed by atoms with Crippen LogP contribution in [0.5, 0.6) is 11.5 Å². The van der Waals surface area contributed by atoms with Crippen LogP contribution in [-0.4, -0.2) is 31.7 Å². The maximum atomic E-state index is 12.6. The van der Waals surface area contributed by atoms with Gasteiger partial charge >= 0.3 is 0 Å². The third-order valence-corrected chi connectivity index (χ3v) is 6.85. The third kappa shape index (κ3) is 6.61. The van der Waals surface area contributed by atoms with Gasteiger partial charge in [0, 0.05) is 18.7 Å². The molecule has 1 heterocycles. The van der Waals surface area contributed by atoms with Crippen molar-refractivity contribution >= 4 is 46.9 Å². The highest BCUT2D eigenvalue weighted by atomic mass is 35.5. The van der Waals surface area contributed by atoms with Crippen molar-refractivity contribution in [1.29, 1.82) is 0 Å². The number of benzene rings is 3. The van der Waals surface area contributed by atoms with Crippen molar-refractivity contribution in [3.63, 3.8) is 0 Å². The molecule has 0 aromatic heterocycles. The average molecular weight is 540 g/mol. The zero-order chi connectivity index (χ0) is 26.4. The Balaban J connectivity index is 1.33. The molecule has 1 aliphatic heterocycles. The third-order valence-electron chi connectivity index (χ3n) is 6.11. The quantitative estimate of drug-likeness (QED) is 0.281. The molecule has 192 valence electrons. The molecule has 0 saturated carbocycles. The maximum Gasteiger partial charge on any atom is 0.245 e. The molecule has 0 radical (unpaired) electrons. The van der Waals surface area contributed by atoms with E-state index in [-0.39, 0.29) is 24.8 Å². The Morgan fingerprint density at radius 1 is 1.05 bits per heavy atom. The maximum absolute atomic E-state index is 12.6. The van der Waals surface area contributed by atoms with Gasteiger partial charge in [0.15, 0.2) is 11.5 Å². The van der Waals surface area contributed by atoms with E-state index in [1.807, 2.05) is 30.3 Å². The van der Waals surface area contributed by atoms with E-state index in [1.54, 1.807) is 42.3 Å². The van der Waals surface area contributed by atoms with Crippen LogP contribution in [0.15, 0.2) is 65.8 Å². The fourth-order valence-electron chi connectivity index (χ4n) is 3.98. The Kier molecular flexibility index (Phi) is 8.69. The van der Waals surface area contributed by atoms with Crippen LogP contribution in [0.4, 0.5) is 5.69 Å². The lowest BCUT2D eigenvalue weighted by molar-refractivity contribution is -0.126. The van der Waals surface area contributed by atoms with Gasteiger partial charge in [0.25, 0.3) is 0 Å². The number of nitrogens with one attached hydrogen (secondary N) is 1. The van der Waals surface area contributed by atoms with Gasteiger partial charge in [-0.25, -0.2) is 5.43 Å². The van der Waals surface area contributed by atoms with E-state index in [1.165, 1.54) is 11.8 Å². The second-order valence-electron chi connectivity index (χ2n) is 8.61. The predicted molar refractivity (Wildman–Crippen MR) is 146 cm³/mol. The summed E-state index contributed by atoms with van der Waals surface area (Å²) in [5.74, 6) is 0.218. The minimum atomic E-state index is -0.470. The van der Waals surface area contributed by atoms with Gasteiger partial charge in [-0.2, -0.15) is 5.10 Å². The number of methoxy groups -OCH3 is 1. The van der Waals surface area contributed by atoms with Gasteiger partial charge in [-0.3, -0.25) is 9.59 Å². The van der Waals surface area contributed by atoms with E-state index < -0.39 is 5.92 Å². The number of carbonyl (C=O) groups is 2. The van der Waals surface area contributed by atoms with Crippen molar-refractivity contribution in [2.45, 2.75) is 26.4 Å². The van der Waals surface area contributed by atoms with Gasteiger partial charge in [-0.15, -0.1) is 0 Å². The molecule has 1 saturated heterocycles. The normalized spacial score (nSPS) is 15.3. The molecular formula is C28H27Cl2N3O4. The molecule has 7 nitrogen and oxygen atoms in total. The number of amides is 2. The van der Waals surface area contributed by atoms with Crippen LogP contribution < -0.4 is 19.8 Å². The Bertz CT molecular complexity index is 1310. The van der Waals surface area contributed by atoms with Crippen molar-refractivity contribution in [1.82, 2.24) is 5.43 Å². The zero-order valence-corrected chi connectivity index (χ0v) is 22.1. The number of hydrogen-bond donors (Lipinski definition) is 1. The van der Waals surface area contributed by atoms with E-state index in [4.69, 9.17) is 32.7 Å². The van der Waals surface area contributed by atoms with E-state index in [9.17, 15) is 9.59 Å². The van der Waals surface area contributed by atoms with Crippen LogP contribution in [0.3, 0.4) is 0 Å². The second-order valence-corrected chi connectivity index (χ2v) is 9.42. The van der Waals surface area contributed by atoms with Crippen LogP contribution in [-0.2, 0) is 22.6 Å². The molecular weight excluding hydrogens is 513 g/mol. The molecule has 3 aromatic rings. The Morgan fingerprint density at radius 2 is 1.81 bits per heavy atom. The molecule has 1 N–H and O–H groups in total. The number of halogens is 2. The molecule has 4 rings (SSSR count). The fourth-order valence-corrected chi connectivity index (χ4v) is 4.30. The van der Waals surface area contributed by atoms with E-state index in [0.29, 0.717) is 33.7 Å². The number of carbonyl (C=O) groups excluding carboxylic acids is 2. The first-order valence-electron chi connectivity index (χ1n) is 11.8. The topological polar surface area (TPSA) is 80.2 Å². The average Bonchev–Trinajstić information content (AvgIpc) is 3.31.